The van der Waals surface area contributed by atoms with Gasteiger partial charge in [-0.2, -0.15) is 0 Å². The number of carbonyl (C=O) groups excluding carboxylic acids is 2. The van der Waals surface area contributed by atoms with Crippen molar-refractivity contribution in [2.75, 3.05) is 18.4 Å². The van der Waals surface area contributed by atoms with E-state index < -0.39 is 5.60 Å². The van der Waals surface area contributed by atoms with Crippen molar-refractivity contribution in [2.45, 2.75) is 44.8 Å². The molecule has 0 saturated carbocycles. The van der Waals surface area contributed by atoms with Gasteiger partial charge in [0.15, 0.2) is 5.60 Å². The van der Waals surface area contributed by atoms with Gasteiger partial charge in [-0.05, 0) is 38.8 Å². The number of hydrogen-bond acceptors (Lipinski definition) is 4. The predicted octanol–water partition coefficient (Wildman–Crippen LogP) is 2.35. The van der Waals surface area contributed by atoms with Gasteiger partial charge in [-0.3, -0.25) is 4.79 Å². The van der Waals surface area contributed by atoms with Crippen LogP contribution in [0.15, 0.2) is 35.5 Å². The monoisotopic (exact) mass is 344 g/mol. The Bertz CT molecular complexity index is 674. The highest BCUT2D eigenvalue weighted by atomic mass is 16.7. The Morgan fingerprint density at radius 3 is 2.76 bits per heavy atom. The Balaban J connectivity index is 1.60. The van der Waals surface area contributed by atoms with Gasteiger partial charge in [-0.25, -0.2) is 4.79 Å². The molecule has 2 heterocycles. The van der Waals surface area contributed by atoms with Gasteiger partial charge in [0.1, 0.15) is 5.71 Å². The van der Waals surface area contributed by atoms with Crippen molar-refractivity contribution in [3.8, 4) is 0 Å². The standard InChI is InChI=1S/C18H24N4O3/c1-13(2)19-17(24)22-10-6-9-18(12-22)11-15(21-25-18)16(23)20-14-7-4-3-5-8-14/h3-5,7-8,13H,6,9-12H2,1-2H3,(H,19,24)(H,20,23)/t18-/m1/s1. The maximum absolute atomic E-state index is 12.4. The van der Waals surface area contributed by atoms with Gasteiger partial charge in [0.2, 0.25) is 0 Å². The summed E-state index contributed by atoms with van der Waals surface area (Å²) < 4.78 is 0. The molecule has 1 saturated heterocycles. The number of carbonyl (C=O) groups is 2. The van der Waals surface area contributed by atoms with Gasteiger partial charge in [-0.1, -0.05) is 23.4 Å². The van der Waals surface area contributed by atoms with E-state index in [1.807, 2.05) is 44.2 Å². The van der Waals surface area contributed by atoms with E-state index >= 15 is 0 Å². The summed E-state index contributed by atoms with van der Waals surface area (Å²) in [4.78, 5) is 32.0. The van der Waals surface area contributed by atoms with E-state index in [1.54, 1.807) is 4.90 Å². The lowest BCUT2D eigenvalue weighted by molar-refractivity contribution is -0.110. The molecule has 7 heteroatoms. The normalized spacial score (nSPS) is 22.5. The Hall–Kier alpha value is -2.57. The quantitative estimate of drug-likeness (QED) is 0.883. The minimum absolute atomic E-state index is 0.0818. The molecule has 25 heavy (non-hydrogen) atoms. The van der Waals surface area contributed by atoms with Crippen LogP contribution in [0.5, 0.6) is 0 Å². The number of para-hydroxylation sites is 1. The van der Waals surface area contributed by atoms with E-state index in [1.165, 1.54) is 0 Å². The molecule has 2 aliphatic rings. The van der Waals surface area contributed by atoms with Gasteiger partial charge in [0, 0.05) is 24.7 Å². The van der Waals surface area contributed by atoms with Crippen LogP contribution >= 0.6 is 0 Å². The van der Waals surface area contributed by atoms with Crippen LogP contribution in [0, 0.1) is 0 Å². The Morgan fingerprint density at radius 2 is 2.04 bits per heavy atom. The zero-order chi connectivity index (χ0) is 17.9. The zero-order valence-corrected chi connectivity index (χ0v) is 14.6. The number of likely N-dealkylation sites (tertiary alicyclic amines) is 1. The molecule has 1 aromatic rings. The van der Waals surface area contributed by atoms with Gasteiger partial charge >= 0.3 is 6.03 Å². The SMILES string of the molecule is CC(C)NC(=O)N1CCC[C@@]2(CC(C(=O)Nc3ccccc3)=NO2)C1. The fourth-order valence-electron chi connectivity index (χ4n) is 3.20. The van der Waals surface area contributed by atoms with Gasteiger partial charge in [0.05, 0.1) is 6.54 Å². The predicted molar refractivity (Wildman–Crippen MR) is 95.4 cm³/mol. The van der Waals surface area contributed by atoms with Gasteiger partial charge in [-0.15, -0.1) is 0 Å². The first-order valence-electron chi connectivity index (χ1n) is 8.64. The number of nitrogens with zero attached hydrogens (tertiary/aromatic N) is 2. The number of hydrogen-bond donors (Lipinski definition) is 2. The molecule has 1 fully saturated rings. The van der Waals surface area contributed by atoms with Crippen molar-refractivity contribution in [1.29, 1.82) is 0 Å². The molecule has 0 bridgehead atoms. The summed E-state index contributed by atoms with van der Waals surface area (Å²) in [5.41, 5.74) is 0.503. The molecule has 1 aromatic carbocycles. The Kier molecular flexibility index (Phi) is 4.92. The van der Waals surface area contributed by atoms with E-state index in [2.05, 4.69) is 15.8 Å². The smallest absolute Gasteiger partial charge is 0.317 e. The summed E-state index contributed by atoms with van der Waals surface area (Å²) in [6, 6.07) is 9.23. The molecule has 0 unspecified atom stereocenters. The van der Waals surface area contributed by atoms with Crippen molar-refractivity contribution in [3.05, 3.63) is 30.3 Å². The molecule has 3 amide bonds. The molecule has 2 aliphatic heterocycles. The highest BCUT2D eigenvalue weighted by molar-refractivity contribution is 6.43. The number of amides is 3. The summed E-state index contributed by atoms with van der Waals surface area (Å²) in [6.07, 6.45) is 2.02. The third-order valence-electron chi connectivity index (χ3n) is 4.37. The summed E-state index contributed by atoms with van der Waals surface area (Å²) in [7, 11) is 0. The Morgan fingerprint density at radius 1 is 1.28 bits per heavy atom. The fourth-order valence-corrected chi connectivity index (χ4v) is 3.20. The second-order valence-corrected chi connectivity index (χ2v) is 6.94. The average Bonchev–Trinajstić information content (AvgIpc) is 2.99. The number of benzene rings is 1. The lowest BCUT2D eigenvalue weighted by atomic mass is 9.88. The van der Waals surface area contributed by atoms with Crippen molar-refractivity contribution in [3.63, 3.8) is 0 Å². The van der Waals surface area contributed by atoms with Gasteiger partial charge in [0.25, 0.3) is 5.91 Å². The summed E-state index contributed by atoms with van der Waals surface area (Å²) >= 11 is 0. The van der Waals surface area contributed by atoms with Crippen LogP contribution in [0.25, 0.3) is 0 Å². The summed E-state index contributed by atoms with van der Waals surface area (Å²) in [5, 5.41) is 9.73. The minimum atomic E-state index is -0.587. The second-order valence-electron chi connectivity index (χ2n) is 6.94. The molecule has 0 radical (unpaired) electrons. The van der Waals surface area contributed by atoms with Crippen LogP contribution in [-0.4, -0.2) is 47.3 Å². The minimum Gasteiger partial charge on any atom is -0.386 e. The Labute approximate surface area is 147 Å². The highest BCUT2D eigenvalue weighted by Crippen LogP contribution is 2.33. The topological polar surface area (TPSA) is 83.0 Å². The van der Waals surface area contributed by atoms with E-state index in [0.717, 1.165) is 18.5 Å². The van der Waals surface area contributed by atoms with E-state index in [0.29, 0.717) is 25.2 Å². The van der Waals surface area contributed by atoms with Crippen LogP contribution in [0.1, 0.15) is 33.1 Å². The molecule has 134 valence electrons. The van der Waals surface area contributed by atoms with Crippen LogP contribution in [0.2, 0.25) is 0 Å². The molecule has 0 aromatic heterocycles. The van der Waals surface area contributed by atoms with Crippen molar-refractivity contribution in [2.24, 2.45) is 5.16 Å². The van der Waals surface area contributed by atoms with Crippen molar-refractivity contribution in [1.82, 2.24) is 10.2 Å². The maximum atomic E-state index is 12.4. The maximum Gasteiger partial charge on any atom is 0.317 e. The lowest BCUT2D eigenvalue weighted by Crippen LogP contribution is -2.54. The summed E-state index contributed by atoms with van der Waals surface area (Å²) in [6.45, 7) is 4.99. The van der Waals surface area contributed by atoms with Crippen LogP contribution in [0.4, 0.5) is 10.5 Å². The number of anilines is 1. The van der Waals surface area contributed by atoms with Crippen LogP contribution < -0.4 is 10.6 Å². The first-order chi connectivity index (χ1) is 12.0. The van der Waals surface area contributed by atoms with E-state index in [9.17, 15) is 9.59 Å². The van der Waals surface area contributed by atoms with Crippen LogP contribution in [0.3, 0.4) is 0 Å². The van der Waals surface area contributed by atoms with Crippen molar-refractivity contribution >= 4 is 23.3 Å². The average molecular weight is 344 g/mol. The molecule has 2 N–H and O–H groups in total. The second kappa shape index (κ2) is 7.13. The number of nitrogens with one attached hydrogen (secondary N) is 2. The molecular weight excluding hydrogens is 320 g/mol. The fraction of sp³-hybridized carbons (Fsp3) is 0.500. The molecule has 1 atom stereocenters. The molecular formula is C18H24N4O3. The molecule has 7 nitrogen and oxygen atoms in total. The third kappa shape index (κ3) is 4.10. The van der Waals surface area contributed by atoms with Crippen LogP contribution in [-0.2, 0) is 9.63 Å². The molecule has 3 rings (SSSR count). The largest absolute Gasteiger partial charge is 0.386 e. The van der Waals surface area contributed by atoms with E-state index in [-0.39, 0.29) is 18.0 Å². The van der Waals surface area contributed by atoms with E-state index in [4.69, 9.17) is 4.84 Å². The van der Waals surface area contributed by atoms with Gasteiger partial charge < -0.3 is 20.4 Å². The first kappa shape index (κ1) is 17.3. The number of oxime groups is 1. The molecule has 0 aliphatic carbocycles. The number of urea groups is 1. The van der Waals surface area contributed by atoms with Crippen molar-refractivity contribution < 1.29 is 14.4 Å². The lowest BCUT2D eigenvalue weighted by Gasteiger charge is -2.38. The third-order valence-corrected chi connectivity index (χ3v) is 4.37. The zero-order valence-electron chi connectivity index (χ0n) is 14.6. The molecule has 1 spiro atoms. The number of piperidine rings is 1. The first-order valence-corrected chi connectivity index (χ1v) is 8.64. The number of rotatable bonds is 3. The highest BCUT2D eigenvalue weighted by Gasteiger charge is 2.45. The summed E-state index contributed by atoms with van der Waals surface area (Å²) in [5.74, 6) is -0.258.